The fourth-order valence-corrected chi connectivity index (χ4v) is 5.22. The minimum Gasteiger partial charge on any atom is -0.481 e. The average molecular weight is 671 g/mol. The monoisotopic (exact) mass is 671 g/mol. The Labute approximate surface area is 241 Å². The van der Waals surface area contributed by atoms with Crippen LogP contribution >= 0.6 is 22.6 Å². The summed E-state index contributed by atoms with van der Waals surface area (Å²) in [7, 11) is 0. The number of urea groups is 1. The number of nitrogens with one attached hydrogen (secondary N) is 2. The molecule has 0 spiro atoms. The molecule has 0 aliphatic heterocycles. The molecule has 4 rings (SSSR count). The number of alkyl halides is 4. The van der Waals surface area contributed by atoms with E-state index in [0.717, 1.165) is 21.3 Å². The number of carboxylic acid groups (broad SMARTS) is 1. The van der Waals surface area contributed by atoms with Crippen LogP contribution in [0.15, 0.2) is 72.9 Å². The number of halogens is 5. The summed E-state index contributed by atoms with van der Waals surface area (Å²) in [6.45, 7) is 0. The Morgan fingerprint density at radius 1 is 1.07 bits per heavy atom. The smallest absolute Gasteiger partial charge is 0.461 e. The van der Waals surface area contributed by atoms with Crippen molar-refractivity contribution in [3.8, 4) is 5.75 Å². The van der Waals surface area contributed by atoms with Crippen LogP contribution in [0.5, 0.6) is 5.75 Å². The Bertz CT molecular complexity index is 1330. The van der Waals surface area contributed by atoms with Gasteiger partial charge in [0.15, 0.2) is 0 Å². The van der Waals surface area contributed by atoms with Crippen LogP contribution in [0.2, 0.25) is 0 Å². The third-order valence-corrected chi connectivity index (χ3v) is 7.43. The van der Waals surface area contributed by atoms with Crippen molar-refractivity contribution >= 4 is 34.6 Å². The molecule has 1 aliphatic rings. The van der Waals surface area contributed by atoms with Gasteiger partial charge in [0.2, 0.25) is 0 Å². The zero-order valence-electron chi connectivity index (χ0n) is 21.0. The average Bonchev–Trinajstić information content (AvgIpc) is 3.37. The summed E-state index contributed by atoms with van der Waals surface area (Å²) in [5.74, 6) is -2.30. The van der Waals surface area contributed by atoms with Gasteiger partial charge in [0.1, 0.15) is 11.3 Å². The molecule has 1 heterocycles. The van der Waals surface area contributed by atoms with Crippen molar-refractivity contribution in [2.75, 3.05) is 0 Å². The first-order valence-corrected chi connectivity index (χ1v) is 13.5. The van der Waals surface area contributed by atoms with E-state index in [1.807, 2.05) is 18.2 Å². The molecule has 2 aromatic carbocycles. The molecule has 2 amide bonds. The number of aromatic nitrogens is 1. The van der Waals surface area contributed by atoms with Crippen molar-refractivity contribution in [3.05, 3.63) is 93.3 Å². The van der Waals surface area contributed by atoms with Crippen LogP contribution in [0, 0.1) is 9.49 Å². The second-order valence-corrected chi connectivity index (χ2v) is 10.7. The van der Waals surface area contributed by atoms with Gasteiger partial charge in [-0.05, 0) is 70.8 Å². The predicted octanol–water partition coefficient (Wildman–Crippen LogP) is 5.96. The highest BCUT2D eigenvalue weighted by molar-refractivity contribution is 14.1. The van der Waals surface area contributed by atoms with E-state index >= 15 is 0 Å². The van der Waals surface area contributed by atoms with Gasteiger partial charge < -0.3 is 20.5 Å². The van der Waals surface area contributed by atoms with E-state index in [0.29, 0.717) is 25.0 Å². The molecular weight excluding hydrogens is 645 g/mol. The van der Waals surface area contributed by atoms with E-state index in [4.69, 9.17) is 0 Å². The standard InChI is InChI=1S/C28H26F4IN3O4/c29-25(30)28(31,32)40-20-9-4-8-18(14-20)27(15-17-6-2-1-3-7-17,23-13-12-19(33)16-34-23)36-26(39)35-22-11-5-10-21(22)24(37)38/h1-4,6-9,12-14,16,21-22,25H,5,10-11,15H2,(H,37,38)(H2,35,36,39)/t21-,22+,27-/m0/s1. The lowest BCUT2D eigenvalue weighted by molar-refractivity contribution is -0.253. The van der Waals surface area contributed by atoms with E-state index in [-0.39, 0.29) is 12.0 Å². The van der Waals surface area contributed by atoms with E-state index in [2.05, 4.69) is 42.9 Å². The van der Waals surface area contributed by atoms with Crippen LogP contribution < -0.4 is 15.4 Å². The minimum atomic E-state index is -4.74. The number of carboxylic acids is 1. The Hall–Kier alpha value is -3.42. The summed E-state index contributed by atoms with van der Waals surface area (Å²) in [4.78, 5) is 29.7. The predicted molar refractivity (Wildman–Crippen MR) is 146 cm³/mol. The Morgan fingerprint density at radius 2 is 1.82 bits per heavy atom. The van der Waals surface area contributed by atoms with Gasteiger partial charge in [-0.3, -0.25) is 9.78 Å². The third-order valence-electron chi connectivity index (χ3n) is 6.79. The number of carbonyl (C=O) groups is 2. The lowest BCUT2D eigenvalue weighted by Gasteiger charge is -2.36. The molecule has 0 bridgehead atoms. The highest BCUT2D eigenvalue weighted by Gasteiger charge is 2.45. The number of nitrogens with zero attached hydrogens (tertiary/aromatic N) is 1. The van der Waals surface area contributed by atoms with Gasteiger partial charge in [0, 0.05) is 22.2 Å². The van der Waals surface area contributed by atoms with Crippen molar-refractivity contribution in [1.29, 1.82) is 0 Å². The van der Waals surface area contributed by atoms with Gasteiger partial charge in [0.25, 0.3) is 0 Å². The molecule has 1 fully saturated rings. The minimum absolute atomic E-state index is 0.0938. The number of benzene rings is 2. The van der Waals surface area contributed by atoms with E-state index in [1.165, 1.54) is 6.07 Å². The number of rotatable bonds is 10. The Kier molecular flexibility index (Phi) is 9.16. The lowest BCUT2D eigenvalue weighted by atomic mass is 9.80. The van der Waals surface area contributed by atoms with E-state index in [1.54, 1.807) is 36.5 Å². The summed E-state index contributed by atoms with van der Waals surface area (Å²) in [6, 6.07) is 16.3. The zero-order chi connectivity index (χ0) is 28.9. The molecule has 0 unspecified atom stereocenters. The second-order valence-electron chi connectivity index (χ2n) is 9.50. The summed E-state index contributed by atoms with van der Waals surface area (Å²) >= 11 is 2.06. The number of ether oxygens (including phenoxy) is 1. The molecular formula is C28H26F4IN3O4. The second kappa shape index (κ2) is 12.4. The molecule has 12 heteroatoms. The molecule has 1 aliphatic carbocycles. The number of hydrogen-bond donors (Lipinski definition) is 3. The van der Waals surface area contributed by atoms with Crippen LogP contribution in [0.25, 0.3) is 0 Å². The van der Waals surface area contributed by atoms with Crippen LogP contribution in [-0.2, 0) is 16.8 Å². The van der Waals surface area contributed by atoms with Crippen molar-refractivity contribution < 1.29 is 37.0 Å². The maximum Gasteiger partial charge on any atom is 0.461 e. The summed E-state index contributed by atoms with van der Waals surface area (Å²) in [5.41, 5.74) is -0.168. The molecule has 3 N–H and O–H groups in total. The number of pyridine rings is 1. The highest BCUT2D eigenvalue weighted by Crippen LogP contribution is 2.36. The van der Waals surface area contributed by atoms with Gasteiger partial charge >= 0.3 is 24.5 Å². The van der Waals surface area contributed by atoms with E-state index < -0.39 is 47.8 Å². The van der Waals surface area contributed by atoms with Gasteiger partial charge in [-0.1, -0.05) is 48.9 Å². The van der Waals surface area contributed by atoms with Crippen molar-refractivity contribution in [1.82, 2.24) is 15.6 Å². The summed E-state index contributed by atoms with van der Waals surface area (Å²) in [6.07, 6.45) is -5.60. The first kappa shape index (κ1) is 29.6. The molecule has 3 atom stereocenters. The number of carbonyl (C=O) groups excluding carboxylic acids is 1. The molecule has 212 valence electrons. The van der Waals surface area contributed by atoms with Crippen LogP contribution in [0.4, 0.5) is 22.4 Å². The molecule has 7 nitrogen and oxygen atoms in total. The van der Waals surface area contributed by atoms with Gasteiger partial charge in [-0.15, -0.1) is 0 Å². The fourth-order valence-electron chi connectivity index (χ4n) is 4.90. The summed E-state index contributed by atoms with van der Waals surface area (Å²) < 4.78 is 58.5. The molecule has 1 saturated carbocycles. The Morgan fingerprint density at radius 3 is 2.48 bits per heavy atom. The number of hydrogen-bond acceptors (Lipinski definition) is 4. The van der Waals surface area contributed by atoms with Crippen molar-refractivity contribution in [2.24, 2.45) is 5.92 Å². The molecule has 0 radical (unpaired) electrons. The first-order valence-electron chi connectivity index (χ1n) is 12.4. The zero-order valence-corrected chi connectivity index (χ0v) is 23.2. The third kappa shape index (κ3) is 6.83. The van der Waals surface area contributed by atoms with Crippen LogP contribution in [-0.4, -0.2) is 40.7 Å². The van der Waals surface area contributed by atoms with Gasteiger partial charge in [-0.25, -0.2) is 4.79 Å². The summed E-state index contributed by atoms with van der Waals surface area (Å²) in [5, 5.41) is 15.2. The lowest BCUT2D eigenvalue weighted by Crippen LogP contribution is -2.55. The largest absolute Gasteiger partial charge is 0.481 e. The van der Waals surface area contributed by atoms with Gasteiger partial charge in [-0.2, -0.15) is 17.6 Å². The maximum atomic E-state index is 13.8. The maximum absolute atomic E-state index is 13.8. The van der Waals surface area contributed by atoms with Gasteiger partial charge in [0.05, 0.1) is 11.6 Å². The first-order chi connectivity index (χ1) is 19.0. The van der Waals surface area contributed by atoms with Crippen molar-refractivity contribution in [3.63, 3.8) is 0 Å². The topological polar surface area (TPSA) is 101 Å². The highest BCUT2D eigenvalue weighted by atomic mass is 127. The number of aliphatic carboxylic acids is 1. The molecule has 0 saturated heterocycles. The Balaban J connectivity index is 1.81. The quantitative estimate of drug-likeness (QED) is 0.183. The normalized spacial score (nSPS) is 18.6. The SMILES string of the molecule is O=C(N[C@@H]1CCC[C@@H]1C(=O)O)N[C@@](Cc1ccccc1)(c1cccc(OC(F)(F)C(F)F)c1)c1ccc(I)cn1. The number of amides is 2. The molecule has 40 heavy (non-hydrogen) atoms. The van der Waals surface area contributed by atoms with Crippen molar-refractivity contribution in [2.45, 2.75) is 49.8 Å². The molecule has 3 aromatic rings. The molecule has 1 aromatic heterocycles. The van der Waals surface area contributed by atoms with Crippen LogP contribution in [0.3, 0.4) is 0 Å². The van der Waals surface area contributed by atoms with Crippen LogP contribution in [0.1, 0.15) is 36.1 Å². The van der Waals surface area contributed by atoms with E-state index in [9.17, 15) is 32.3 Å². The fraction of sp³-hybridized carbons (Fsp3) is 0.321.